The summed E-state index contributed by atoms with van der Waals surface area (Å²) in [6, 6.07) is 11.0. The van der Waals surface area contributed by atoms with Crippen LogP contribution in [0, 0.1) is 0 Å². The van der Waals surface area contributed by atoms with Gasteiger partial charge in [0.1, 0.15) is 6.61 Å². The van der Waals surface area contributed by atoms with Crippen molar-refractivity contribution in [2.24, 2.45) is 0 Å². The summed E-state index contributed by atoms with van der Waals surface area (Å²) in [5.41, 5.74) is 4.62. The minimum Gasteiger partial charge on any atom is -0.432 e. The second kappa shape index (κ2) is 9.96. The Labute approximate surface area is 201 Å². The van der Waals surface area contributed by atoms with Crippen molar-refractivity contribution in [1.82, 2.24) is 5.06 Å². The molecule has 2 aromatic carbocycles. The molecule has 0 spiro atoms. The molecule has 10 nitrogen and oxygen atoms in total. The summed E-state index contributed by atoms with van der Waals surface area (Å²) in [5.74, 6) is -1.91. The lowest BCUT2D eigenvalue weighted by molar-refractivity contribution is -0.177. The van der Waals surface area contributed by atoms with Gasteiger partial charge < -0.3 is 15.4 Å². The summed E-state index contributed by atoms with van der Waals surface area (Å²) in [4.78, 5) is 64.3. The number of imide groups is 1. The van der Waals surface area contributed by atoms with Crippen molar-refractivity contribution in [2.75, 3.05) is 17.2 Å². The number of ether oxygens (including phenoxy) is 1. The SMILES string of the molecule is CCC(=O)Nc1ccc2c(c1)C(COC(=O)ON1C(=O)CCC1=O)c1cc(NC(=O)CC)ccc1-2. The van der Waals surface area contributed by atoms with Crippen LogP contribution in [0.4, 0.5) is 16.2 Å². The molecule has 35 heavy (non-hydrogen) atoms. The largest absolute Gasteiger partial charge is 0.533 e. The predicted molar refractivity (Wildman–Crippen MR) is 125 cm³/mol. The lowest BCUT2D eigenvalue weighted by Gasteiger charge is -2.17. The number of hydrogen-bond acceptors (Lipinski definition) is 7. The number of hydrogen-bond donors (Lipinski definition) is 2. The number of carbonyl (C=O) groups is 5. The maximum Gasteiger partial charge on any atom is 0.533 e. The molecule has 0 unspecified atom stereocenters. The molecule has 2 aromatic rings. The van der Waals surface area contributed by atoms with Crippen molar-refractivity contribution in [2.45, 2.75) is 45.4 Å². The van der Waals surface area contributed by atoms with Crippen LogP contribution >= 0.6 is 0 Å². The van der Waals surface area contributed by atoms with Gasteiger partial charge in [0.2, 0.25) is 11.8 Å². The van der Waals surface area contributed by atoms with Gasteiger partial charge in [0.25, 0.3) is 11.8 Å². The Hall–Kier alpha value is -4.21. The number of nitrogens with zero attached hydrogens (tertiary/aromatic N) is 1. The van der Waals surface area contributed by atoms with Gasteiger partial charge in [-0.3, -0.25) is 24.0 Å². The molecule has 1 aliphatic heterocycles. The van der Waals surface area contributed by atoms with E-state index in [0.717, 1.165) is 22.3 Å². The maximum atomic E-state index is 12.3. The molecule has 1 saturated heterocycles. The number of anilines is 2. The van der Waals surface area contributed by atoms with Gasteiger partial charge in [-0.25, -0.2) is 4.79 Å². The minimum absolute atomic E-state index is 0.0198. The van der Waals surface area contributed by atoms with Crippen molar-refractivity contribution < 1.29 is 33.5 Å². The zero-order valence-electron chi connectivity index (χ0n) is 19.4. The van der Waals surface area contributed by atoms with Gasteiger partial charge in [-0.1, -0.05) is 31.0 Å². The molecule has 0 saturated carbocycles. The Bertz CT molecular complexity index is 1140. The molecule has 1 aliphatic carbocycles. The van der Waals surface area contributed by atoms with Crippen molar-refractivity contribution in [3.63, 3.8) is 0 Å². The lowest BCUT2D eigenvalue weighted by atomic mass is 9.97. The summed E-state index contributed by atoms with van der Waals surface area (Å²) in [5, 5.41) is 6.08. The number of benzene rings is 2. The van der Waals surface area contributed by atoms with Gasteiger partial charge in [0.15, 0.2) is 0 Å². The number of rotatable bonds is 7. The number of carbonyl (C=O) groups excluding carboxylic acids is 5. The van der Waals surface area contributed by atoms with E-state index in [1.54, 1.807) is 26.0 Å². The van der Waals surface area contributed by atoms with Crippen LogP contribution in [0.15, 0.2) is 36.4 Å². The Kier molecular flexibility index (Phi) is 6.81. The van der Waals surface area contributed by atoms with Crippen molar-refractivity contribution in [3.8, 4) is 11.1 Å². The summed E-state index contributed by atoms with van der Waals surface area (Å²) in [6.07, 6.45) is -0.564. The van der Waals surface area contributed by atoms with Gasteiger partial charge >= 0.3 is 6.16 Å². The summed E-state index contributed by atoms with van der Waals surface area (Å²) < 4.78 is 5.30. The highest BCUT2D eigenvalue weighted by Gasteiger charge is 2.35. The van der Waals surface area contributed by atoms with E-state index >= 15 is 0 Å². The Morgan fingerprint density at radius 3 is 1.80 bits per heavy atom. The van der Waals surface area contributed by atoms with Gasteiger partial charge in [-0.2, -0.15) is 0 Å². The molecular formula is C25H25N3O7. The average molecular weight is 479 g/mol. The molecule has 2 N–H and O–H groups in total. The molecule has 182 valence electrons. The molecule has 4 rings (SSSR count). The first-order valence-electron chi connectivity index (χ1n) is 11.4. The van der Waals surface area contributed by atoms with Gasteiger partial charge in [-0.05, 0) is 46.5 Å². The molecule has 0 radical (unpaired) electrons. The second-order valence-corrected chi connectivity index (χ2v) is 8.19. The van der Waals surface area contributed by atoms with E-state index in [2.05, 4.69) is 10.6 Å². The fourth-order valence-corrected chi connectivity index (χ4v) is 4.10. The quantitative estimate of drug-likeness (QED) is 0.457. The van der Waals surface area contributed by atoms with Crippen LogP contribution in [0.5, 0.6) is 0 Å². The Balaban J connectivity index is 1.60. The van der Waals surface area contributed by atoms with Crippen molar-refractivity contribution in [3.05, 3.63) is 47.5 Å². The lowest BCUT2D eigenvalue weighted by Crippen LogP contribution is -2.32. The van der Waals surface area contributed by atoms with Crippen LogP contribution in [-0.4, -0.2) is 41.5 Å². The van der Waals surface area contributed by atoms with E-state index in [4.69, 9.17) is 9.57 Å². The summed E-state index contributed by atoms with van der Waals surface area (Å²) in [6.45, 7) is 3.36. The number of hydroxylamine groups is 2. The van der Waals surface area contributed by atoms with E-state index < -0.39 is 23.9 Å². The topological polar surface area (TPSA) is 131 Å². The number of nitrogens with one attached hydrogen (secondary N) is 2. The third-order valence-corrected chi connectivity index (χ3v) is 5.89. The molecule has 4 amide bonds. The molecule has 10 heteroatoms. The van der Waals surface area contributed by atoms with E-state index in [1.807, 2.05) is 24.3 Å². The third kappa shape index (κ3) is 5.01. The van der Waals surface area contributed by atoms with E-state index in [1.165, 1.54) is 0 Å². The molecule has 0 bridgehead atoms. The zero-order chi connectivity index (χ0) is 25.1. The molecule has 1 fully saturated rings. The van der Waals surface area contributed by atoms with E-state index in [0.29, 0.717) is 29.3 Å². The number of amides is 4. The van der Waals surface area contributed by atoms with Crippen LogP contribution in [0.3, 0.4) is 0 Å². The third-order valence-electron chi connectivity index (χ3n) is 5.89. The zero-order valence-corrected chi connectivity index (χ0v) is 19.4. The monoisotopic (exact) mass is 479 g/mol. The molecule has 2 aliphatic rings. The minimum atomic E-state index is -1.17. The Morgan fingerprint density at radius 1 is 0.857 bits per heavy atom. The fraction of sp³-hybridized carbons (Fsp3) is 0.320. The number of fused-ring (bicyclic) bond motifs is 3. The second-order valence-electron chi connectivity index (χ2n) is 8.19. The first kappa shape index (κ1) is 23.9. The summed E-state index contributed by atoms with van der Waals surface area (Å²) >= 11 is 0. The molecule has 0 aromatic heterocycles. The summed E-state index contributed by atoms with van der Waals surface area (Å²) in [7, 11) is 0. The standard InChI is InChI=1S/C25H25N3O7/c1-3-21(29)26-14-5-7-16-17-8-6-15(27-22(30)4-2)12-19(17)20(18(16)11-14)13-34-25(33)35-28-23(31)9-10-24(28)32/h5-8,11-12,20H,3-4,9-10,13H2,1-2H3,(H,26,29)(H,27,30). The van der Waals surface area contributed by atoms with Crippen LogP contribution in [0.2, 0.25) is 0 Å². The van der Waals surface area contributed by atoms with Gasteiger partial charge in [0, 0.05) is 43.0 Å². The van der Waals surface area contributed by atoms with Crippen molar-refractivity contribution in [1.29, 1.82) is 0 Å². The molecular weight excluding hydrogens is 454 g/mol. The van der Waals surface area contributed by atoms with Crippen LogP contribution in [0.1, 0.15) is 56.6 Å². The highest BCUT2D eigenvalue weighted by Crippen LogP contribution is 2.47. The predicted octanol–water partition coefficient (Wildman–Crippen LogP) is 3.71. The fourth-order valence-electron chi connectivity index (χ4n) is 4.10. The first-order chi connectivity index (χ1) is 16.8. The highest BCUT2D eigenvalue weighted by molar-refractivity contribution is 6.01. The van der Waals surface area contributed by atoms with E-state index in [-0.39, 0.29) is 31.3 Å². The molecule has 1 heterocycles. The highest BCUT2D eigenvalue weighted by atomic mass is 16.8. The molecule has 0 atom stereocenters. The Morgan fingerprint density at radius 2 is 1.34 bits per heavy atom. The normalized spacial score (nSPS) is 14.4. The van der Waals surface area contributed by atoms with Crippen LogP contribution < -0.4 is 10.6 Å². The smallest absolute Gasteiger partial charge is 0.432 e. The van der Waals surface area contributed by atoms with Crippen molar-refractivity contribution >= 4 is 41.2 Å². The van der Waals surface area contributed by atoms with E-state index in [9.17, 15) is 24.0 Å². The first-order valence-corrected chi connectivity index (χ1v) is 11.4. The maximum absolute atomic E-state index is 12.3. The van der Waals surface area contributed by atoms with Crippen LogP contribution in [-0.2, 0) is 28.8 Å². The van der Waals surface area contributed by atoms with Gasteiger partial charge in [0.05, 0.1) is 0 Å². The average Bonchev–Trinajstić information content (AvgIpc) is 3.33. The van der Waals surface area contributed by atoms with Gasteiger partial charge in [-0.15, -0.1) is 0 Å². The van der Waals surface area contributed by atoms with Crippen LogP contribution in [0.25, 0.3) is 11.1 Å².